The lowest BCUT2D eigenvalue weighted by Gasteiger charge is -2.24. The standard InChI is InChI=1S/C15H23NS/c1-12(2)15(13-7-4-3-5-8-13)16-11-14-9-6-10-17-14/h3-5,7-8,12,14-16H,6,9-11H2,1-2H3. The molecule has 2 heteroatoms. The smallest absolute Gasteiger partial charge is 0.0343 e. The van der Waals surface area contributed by atoms with Crippen LogP contribution in [0.3, 0.4) is 0 Å². The van der Waals surface area contributed by atoms with Crippen molar-refractivity contribution in [1.82, 2.24) is 5.32 Å². The Hall–Kier alpha value is -0.470. The summed E-state index contributed by atoms with van der Waals surface area (Å²) in [4.78, 5) is 0. The Morgan fingerprint density at radius 2 is 2.06 bits per heavy atom. The van der Waals surface area contributed by atoms with Gasteiger partial charge < -0.3 is 5.32 Å². The number of rotatable bonds is 5. The Kier molecular flexibility index (Phi) is 4.93. The van der Waals surface area contributed by atoms with E-state index in [0.717, 1.165) is 11.8 Å². The third kappa shape index (κ3) is 3.75. The highest BCUT2D eigenvalue weighted by Gasteiger charge is 2.19. The molecule has 0 saturated carbocycles. The van der Waals surface area contributed by atoms with Gasteiger partial charge in [0.15, 0.2) is 0 Å². The van der Waals surface area contributed by atoms with Crippen LogP contribution in [-0.2, 0) is 0 Å². The first kappa shape index (κ1) is 13.0. The number of benzene rings is 1. The normalized spacial score (nSPS) is 21.9. The molecular formula is C15H23NS. The van der Waals surface area contributed by atoms with Crippen molar-refractivity contribution in [3.8, 4) is 0 Å². The summed E-state index contributed by atoms with van der Waals surface area (Å²) in [6.07, 6.45) is 2.78. The molecule has 0 amide bonds. The number of hydrogen-bond acceptors (Lipinski definition) is 2. The quantitative estimate of drug-likeness (QED) is 0.850. The summed E-state index contributed by atoms with van der Waals surface area (Å²) in [5, 5.41) is 4.59. The van der Waals surface area contributed by atoms with Gasteiger partial charge in [0.25, 0.3) is 0 Å². The molecule has 17 heavy (non-hydrogen) atoms. The zero-order valence-corrected chi connectivity index (χ0v) is 11.7. The molecule has 0 aliphatic carbocycles. The van der Waals surface area contributed by atoms with Crippen LogP contribution >= 0.6 is 11.8 Å². The van der Waals surface area contributed by atoms with Crippen molar-refractivity contribution < 1.29 is 0 Å². The second kappa shape index (κ2) is 6.46. The summed E-state index contributed by atoms with van der Waals surface area (Å²) in [6, 6.07) is 11.3. The third-order valence-corrected chi connectivity index (χ3v) is 4.81. The predicted molar refractivity (Wildman–Crippen MR) is 77.5 cm³/mol. The lowest BCUT2D eigenvalue weighted by molar-refractivity contribution is 0.411. The van der Waals surface area contributed by atoms with Crippen molar-refractivity contribution in [1.29, 1.82) is 0 Å². The summed E-state index contributed by atoms with van der Waals surface area (Å²) in [7, 11) is 0. The van der Waals surface area contributed by atoms with Crippen molar-refractivity contribution in [3.63, 3.8) is 0 Å². The van der Waals surface area contributed by atoms with E-state index in [2.05, 4.69) is 61.3 Å². The molecule has 1 N–H and O–H groups in total. The van der Waals surface area contributed by atoms with Crippen molar-refractivity contribution in [2.75, 3.05) is 12.3 Å². The monoisotopic (exact) mass is 249 g/mol. The van der Waals surface area contributed by atoms with Crippen LogP contribution in [0, 0.1) is 5.92 Å². The molecule has 0 aromatic heterocycles. The zero-order chi connectivity index (χ0) is 12.1. The average molecular weight is 249 g/mol. The van der Waals surface area contributed by atoms with Crippen LogP contribution in [0.5, 0.6) is 0 Å². The first-order chi connectivity index (χ1) is 8.27. The summed E-state index contributed by atoms with van der Waals surface area (Å²) in [5.41, 5.74) is 1.42. The van der Waals surface area contributed by atoms with Crippen LogP contribution in [0.15, 0.2) is 30.3 Å². The van der Waals surface area contributed by atoms with E-state index in [-0.39, 0.29) is 0 Å². The molecule has 1 heterocycles. The molecule has 2 unspecified atom stereocenters. The molecule has 2 rings (SSSR count). The molecule has 1 aromatic carbocycles. The van der Waals surface area contributed by atoms with Crippen LogP contribution in [0.1, 0.15) is 38.3 Å². The van der Waals surface area contributed by atoms with Crippen molar-refractivity contribution in [3.05, 3.63) is 35.9 Å². The van der Waals surface area contributed by atoms with E-state index in [4.69, 9.17) is 0 Å². The molecule has 1 nitrogen and oxygen atoms in total. The highest BCUT2D eigenvalue weighted by atomic mass is 32.2. The number of thioether (sulfide) groups is 1. The van der Waals surface area contributed by atoms with E-state index in [9.17, 15) is 0 Å². The van der Waals surface area contributed by atoms with E-state index in [1.807, 2.05) is 0 Å². The molecule has 1 fully saturated rings. The van der Waals surface area contributed by atoms with Gasteiger partial charge in [-0.3, -0.25) is 0 Å². The number of nitrogens with one attached hydrogen (secondary N) is 1. The van der Waals surface area contributed by atoms with Crippen molar-refractivity contribution >= 4 is 11.8 Å². The molecule has 1 aliphatic heterocycles. The van der Waals surface area contributed by atoms with E-state index < -0.39 is 0 Å². The Morgan fingerprint density at radius 1 is 1.29 bits per heavy atom. The van der Waals surface area contributed by atoms with Gasteiger partial charge in [-0.05, 0) is 30.1 Å². The fourth-order valence-corrected chi connectivity index (χ4v) is 3.68. The van der Waals surface area contributed by atoms with Gasteiger partial charge >= 0.3 is 0 Å². The fourth-order valence-electron chi connectivity index (χ4n) is 2.46. The van der Waals surface area contributed by atoms with E-state index >= 15 is 0 Å². The molecule has 0 spiro atoms. The molecule has 0 bridgehead atoms. The van der Waals surface area contributed by atoms with Crippen LogP contribution in [0.2, 0.25) is 0 Å². The van der Waals surface area contributed by atoms with Crippen LogP contribution in [-0.4, -0.2) is 17.5 Å². The van der Waals surface area contributed by atoms with E-state index in [1.165, 1.54) is 24.2 Å². The van der Waals surface area contributed by atoms with Gasteiger partial charge in [-0.25, -0.2) is 0 Å². The maximum atomic E-state index is 3.76. The van der Waals surface area contributed by atoms with Crippen molar-refractivity contribution in [2.45, 2.75) is 38.0 Å². The van der Waals surface area contributed by atoms with E-state index in [1.54, 1.807) is 0 Å². The van der Waals surface area contributed by atoms with Gasteiger partial charge in [0.2, 0.25) is 0 Å². The summed E-state index contributed by atoms with van der Waals surface area (Å²) in [5.74, 6) is 1.99. The van der Waals surface area contributed by atoms with Crippen LogP contribution < -0.4 is 5.32 Å². The molecule has 0 radical (unpaired) electrons. The highest BCUT2D eigenvalue weighted by molar-refractivity contribution is 8.00. The lowest BCUT2D eigenvalue weighted by atomic mass is 9.96. The predicted octanol–water partition coefficient (Wildman–Crippen LogP) is 3.87. The number of hydrogen-bond donors (Lipinski definition) is 1. The molecular weight excluding hydrogens is 226 g/mol. The van der Waals surface area contributed by atoms with Gasteiger partial charge in [-0.15, -0.1) is 0 Å². The minimum atomic E-state index is 0.498. The second-order valence-electron chi connectivity index (χ2n) is 5.18. The molecule has 1 saturated heterocycles. The maximum absolute atomic E-state index is 3.76. The minimum Gasteiger partial charge on any atom is -0.309 e. The topological polar surface area (TPSA) is 12.0 Å². The highest BCUT2D eigenvalue weighted by Crippen LogP contribution is 2.27. The molecule has 94 valence electrons. The third-order valence-electron chi connectivity index (χ3n) is 3.41. The Bertz CT molecular complexity index is 317. The Morgan fingerprint density at radius 3 is 2.65 bits per heavy atom. The Balaban J connectivity index is 1.93. The lowest BCUT2D eigenvalue weighted by Crippen LogP contribution is -2.30. The second-order valence-corrected chi connectivity index (χ2v) is 6.58. The fraction of sp³-hybridized carbons (Fsp3) is 0.600. The average Bonchev–Trinajstić information content (AvgIpc) is 2.83. The largest absolute Gasteiger partial charge is 0.309 e. The van der Waals surface area contributed by atoms with Gasteiger partial charge in [-0.2, -0.15) is 11.8 Å². The molecule has 1 aliphatic rings. The summed E-state index contributed by atoms with van der Waals surface area (Å²) in [6.45, 7) is 5.75. The summed E-state index contributed by atoms with van der Waals surface area (Å²) >= 11 is 2.13. The SMILES string of the molecule is CC(C)C(NCC1CCCS1)c1ccccc1. The van der Waals surface area contributed by atoms with E-state index in [0.29, 0.717) is 12.0 Å². The maximum Gasteiger partial charge on any atom is 0.0343 e. The van der Waals surface area contributed by atoms with Gasteiger partial charge in [-0.1, -0.05) is 44.2 Å². The Labute approximate surface area is 109 Å². The van der Waals surface area contributed by atoms with Gasteiger partial charge in [0, 0.05) is 17.8 Å². The zero-order valence-electron chi connectivity index (χ0n) is 10.9. The molecule has 2 atom stereocenters. The first-order valence-corrected chi connectivity index (χ1v) is 7.72. The van der Waals surface area contributed by atoms with Gasteiger partial charge in [0.05, 0.1) is 0 Å². The van der Waals surface area contributed by atoms with Crippen molar-refractivity contribution in [2.24, 2.45) is 5.92 Å². The van der Waals surface area contributed by atoms with Crippen LogP contribution in [0.25, 0.3) is 0 Å². The summed E-state index contributed by atoms with van der Waals surface area (Å²) < 4.78 is 0. The minimum absolute atomic E-state index is 0.498. The molecule has 1 aromatic rings. The van der Waals surface area contributed by atoms with Crippen LogP contribution in [0.4, 0.5) is 0 Å². The first-order valence-electron chi connectivity index (χ1n) is 6.67. The van der Waals surface area contributed by atoms with Gasteiger partial charge in [0.1, 0.15) is 0 Å².